The fraction of sp³-hybridized carbons (Fsp3) is 0.333. The van der Waals surface area contributed by atoms with Gasteiger partial charge >= 0.3 is 0 Å². The minimum absolute atomic E-state index is 0.374. The van der Waals surface area contributed by atoms with Crippen molar-refractivity contribution in [3.8, 4) is 0 Å². The molecule has 0 radical (unpaired) electrons. The number of aryl methyl sites for hydroxylation is 2. The second-order valence-electron chi connectivity index (χ2n) is 3.57. The molecule has 0 saturated carbocycles. The third-order valence-corrected chi connectivity index (χ3v) is 3.36. The van der Waals surface area contributed by atoms with Crippen LogP contribution >= 0.6 is 11.3 Å². The van der Waals surface area contributed by atoms with E-state index in [2.05, 4.69) is 0 Å². The van der Waals surface area contributed by atoms with Crippen LogP contribution in [0.25, 0.3) is 0 Å². The fourth-order valence-electron chi connectivity index (χ4n) is 1.63. The molecule has 2 nitrogen and oxygen atoms in total. The lowest BCUT2D eigenvalue weighted by Crippen LogP contribution is -1.99. The van der Waals surface area contributed by atoms with E-state index in [9.17, 15) is 5.11 Å². The zero-order valence-corrected chi connectivity index (χ0v) is 9.46. The van der Waals surface area contributed by atoms with Crippen LogP contribution in [0.15, 0.2) is 34.3 Å². The number of hydrogen-bond acceptors (Lipinski definition) is 3. The van der Waals surface area contributed by atoms with Crippen LogP contribution in [0.2, 0.25) is 0 Å². The zero-order valence-electron chi connectivity index (χ0n) is 8.64. The molecule has 0 aliphatic rings. The molecule has 0 aliphatic heterocycles. The predicted molar refractivity (Wildman–Crippen MR) is 61.0 cm³/mol. The molecule has 2 aromatic heterocycles. The fourth-order valence-corrected chi connectivity index (χ4v) is 2.39. The Balaban J connectivity index is 1.93. The molecular weight excluding hydrogens is 208 g/mol. The van der Waals surface area contributed by atoms with Crippen LogP contribution in [0, 0.1) is 6.92 Å². The van der Waals surface area contributed by atoms with E-state index in [0.717, 1.165) is 17.7 Å². The van der Waals surface area contributed by atoms with E-state index < -0.39 is 0 Å². The average molecular weight is 222 g/mol. The van der Waals surface area contributed by atoms with Crippen LogP contribution in [-0.2, 0) is 6.42 Å². The molecule has 0 aromatic carbocycles. The van der Waals surface area contributed by atoms with Gasteiger partial charge in [-0.25, -0.2) is 0 Å². The highest BCUT2D eigenvalue weighted by atomic mass is 32.1. The quantitative estimate of drug-likeness (QED) is 0.861. The van der Waals surface area contributed by atoms with Crippen LogP contribution in [-0.4, -0.2) is 5.11 Å². The van der Waals surface area contributed by atoms with Crippen molar-refractivity contribution in [3.05, 3.63) is 46.0 Å². The Labute approximate surface area is 93.2 Å². The van der Waals surface area contributed by atoms with Gasteiger partial charge < -0.3 is 9.52 Å². The van der Waals surface area contributed by atoms with E-state index in [1.165, 1.54) is 4.88 Å². The molecule has 15 heavy (non-hydrogen) atoms. The van der Waals surface area contributed by atoms with Gasteiger partial charge in [-0.15, -0.1) is 11.3 Å². The first-order valence-corrected chi connectivity index (χ1v) is 5.90. The molecule has 1 unspecified atom stereocenters. The highest BCUT2D eigenvalue weighted by Crippen LogP contribution is 2.25. The lowest BCUT2D eigenvalue weighted by atomic mass is 10.1. The Hall–Kier alpha value is -1.06. The first-order valence-electron chi connectivity index (χ1n) is 5.02. The van der Waals surface area contributed by atoms with Crippen LogP contribution < -0.4 is 0 Å². The second-order valence-corrected chi connectivity index (χ2v) is 4.69. The Bertz CT molecular complexity index is 403. The van der Waals surface area contributed by atoms with Crippen molar-refractivity contribution in [2.45, 2.75) is 25.9 Å². The van der Waals surface area contributed by atoms with Crippen molar-refractivity contribution < 1.29 is 9.52 Å². The molecular formula is C12H14O2S. The summed E-state index contributed by atoms with van der Waals surface area (Å²) in [5.41, 5.74) is 1.05. The summed E-state index contributed by atoms with van der Waals surface area (Å²) in [5.74, 6) is 0.932. The molecule has 3 heteroatoms. The summed E-state index contributed by atoms with van der Waals surface area (Å²) in [6, 6.07) is 5.80. The minimum atomic E-state index is -0.374. The minimum Gasteiger partial charge on any atom is -0.469 e. The zero-order chi connectivity index (χ0) is 10.7. The first kappa shape index (κ1) is 10.5. The second kappa shape index (κ2) is 4.64. The third-order valence-electron chi connectivity index (χ3n) is 2.50. The van der Waals surface area contributed by atoms with Gasteiger partial charge in [-0.1, -0.05) is 0 Å². The Kier molecular flexibility index (Phi) is 3.23. The largest absolute Gasteiger partial charge is 0.469 e. The van der Waals surface area contributed by atoms with Crippen LogP contribution in [0.1, 0.15) is 28.7 Å². The molecule has 1 N–H and O–H groups in total. The van der Waals surface area contributed by atoms with Crippen molar-refractivity contribution in [2.75, 3.05) is 0 Å². The standard InChI is InChI=1S/C12H14O2S/c1-9-11(6-8-15-9)12(13)5-4-10-3-2-7-14-10/h2-3,6-8,12-13H,4-5H2,1H3. The van der Waals surface area contributed by atoms with Crippen molar-refractivity contribution in [2.24, 2.45) is 0 Å². The molecule has 1 atom stereocenters. The molecule has 80 valence electrons. The van der Waals surface area contributed by atoms with E-state index in [4.69, 9.17) is 4.42 Å². The van der Waals surface area contributed by atoms with Crippen molar-refractivity contribution in [1.82, 2.24) is 0 Å². The lowest BCUT2D eigenvalue weighted by molar-refractivity contribution is 0.165. The number of hydrogen-bond donors (Lipinski definition) is 1. The highest BCUT2D eigenvalue weighted by Gasteiger charge is 2.11. The maximum absolute atomic E-state index is 9.95. The third kappa shape index (κ3) is 2.49. The van der Waals surface area contributed by atoms with Gasteiger partial charge in [0.2, 0.25) is 0 Å². The summed E-state index contributed by atoms with van der Waals surface area (Å²) in [6.45, 7) is 2.04. The highest BCUT2D eigenvalue weighted by molar-refractivity contribution is 7.10. The molecule has 2 aromatic rings. The summed E-state index contributed by atoms with van der Waals surface area (Å²) in [6.07, 6.45) is 2.79. The average Bonchev–Trinajstić information content (AvgIpc) is 2.84. The number of aliphatic hydroxyl groups excluding tert-OH is 1. The van der Waals surface area contributed by atoms with E-state index >= 15 is 0 Å². The smallest absolute Gasteiger partial charge is 0.103 e. The molecule has 2 heterocycles. The summed E-state index contributed by atoms with van der Waals surface area (Å²) in [7, 11) is 0. The Morgan fingerprint density at radius 2 is 2.33 bits per heavy atom. The van der Waals surface area contributed by atoms with Gasteiger partial charge in [-0.05, 0) is 42.5 Å². The number of aliphatic hydroxyl groups is 1. The summed E-state index contributed by atoms with van der Waals surface area (Å²) >= 11 is 1.67. The van der Waals surface area contributed by atoms with Gasteiger partial charge in [0.25, 0.3) is 0 Å². The molecule has 0 bridgehead atoms. The normalized spacial score (nSPS) is 12.9. The van der Waals surface area contributed by atoms with Crippen LogP contribution in [0.3, 0.4) is 0 Å². The van der Waals surface area contributed by atoms with Gasteiger partial charge in [0.15, 0.2) is 0 Å². The molecule has 0 saturated heterocycles. The SMILES string of the molecule is Cc1sccc1C(O)CCc1ccco1. The predicted octanol–water partition coefficient (Wildman–Crippen LogP) is 3.32. The summed E-state index contributed by atoms with van der Waals surface area (Å²) in [4.78, 5) is 1.20. The van der Waals surface area contributed by atoms with E-state index in [-0.39, 0.29) is 6.10 Å². The first-order chi connectivity index (χ1) is 7.27. The maximum atomic E-state index is 9.95. The van der Waals surface area contributed by atoms with Gasteiger partial charge in [0.1, 0.15) is 5.76 Å². The van der Waals surface area contributed by atoms with E-state index in [0.29, 0.717) is 6.42 Å². The molecule has 2 rings (SSSR count). The van der Waals surface area contributed by atoms with Gasteiger partial charge in [-0.2, -0.15) is 0 Å². The maximum Gasteiger partial charge on any atom is 0.103 e. The molecule has 0 aliphatic carbocycles. The number of thiophene rings is 1. The Morgan fingerprint density at radius 3 is 2.93 bits per heavy atom. The van der Waals surface area contributed by atoms with Crippen LogP contribution in [0.4, 0.5) is 0 Å². The van der Waals surface area contributed by atoms with Crippen molar-refractivity contribution in [3.63, 3.8) is 0 Å². The van der Waals surface area contributed by atoms with Crippen LogP contribution in [0.5, 0.6) is 0 Å². The van der Waals surface area contributed by atoms with Gasteiger partial charge in [-0.3, -0.25) is 0 Å². The van der Waals surface area contributed by atoms with Gasteiger partial charge in [0, 0.05) is 11.3 Å². The van der Waals surface area contributed by atoms with E-state index in [1.807, 2.05) is 30.5 Å². The monoisotopic (exact) mass is 222 g/mol. The number of rotatable bonds is 4. The van der Waals surface area contributed by atoms with Crippen molar-refractivity contribution in [1.29, 1.82) is 0 Å². The molecule has 0 spiro atoms. The Morgan fingerprint density at radius 1 is 1.47 bits per heavy atom. The summed E-state index contributed by atoms with van der Waals surface area (Å²) < 4.78 is 5.22. The van der Waals surface area contributed by atoms with Crippen molar-refractivity contribution >= 4 is 11.3 Å². The van der Waals surface area contributed by atoms with Gasteiger partial charge in [0.05, 0.1) is 12.4 Å². The topological polar surface area (TPSA) is 33.4 Å². The van der Waals surface area contributed by atoms with E-state index in [1.54, 1.807) is 17.6 Å². The molecule has 0 amide bonds. The summed E-state index contributed by atoms with van der Waals surface area (Å²) in [5, 5.41) is 12.0. The lowest BCUT2D eigenvalue weighted by Gasteiger charge is -2.08. The number of furan rings is 1. The molecule has 0 fully saturated rings.